The van der Waals surface area contributed by atoms with E-state index in [1.165, 1.54) is 17.8 Å². The van der Waals surface area contributed by atoms with Crippen molar-refractivity contribution in [2.75, 3.05) is 37.8 Å². The van der Waals surface area contributed by atoms with Crippen molar-refractivity contribution in [3.63, 3.8) is 0 Å². The maximum atomic E-state index is 13.9. The van der Waals surface area contributed by atoms with Gasteiger partial charge in [-0.2, -0.15) is 0 Å². The highest BCUT2D eigenvalue weighted by Gasteiger charge is 2.12. The molecule has 1 aromatic heterocycles. The maximum Gasteiger partial charge on any atom is 0.226 e. The van der Waals surface area contributed by atoms with Crippen LogP contribution in [0, 0.1) is 11.7 Å². The fourth-order valence-corrected chi connectivity index (χ4v) is 3.88. The van der Waals surface area contributed by atoms with Crippen molar-refractivity contribution in [3.8, 4) is 16.9 Å². The Morgan fingerprint density at radius 3 is 2.51 bits per heavy atom. The van der Waals surface area contributed by atoms with Gasteiger partial charge in [-0.3, -0.25) is 9.78 Å². The summed E-state index contributed by atoms with van der Waals surface area (Å²) in [6, 6.07) is 16.8. The van der Waals surface area contributed by atoms with Crippen LogP contribution in [0.15, 0.2) is 60.8 Å². The molecule has 184 valence electrons. The van der Waals surface area contributed by atoms with Crippen LogP contribution < -0.4 is 15.0 Å². The molecule has 0 spiro atoms. The number of aromatic nitrogens is 1. The smallest absolute Gasteiger partial charge is 0.226 e. The Labute approximate surface area is 206 Å². The molecule has 0 bridgehead atoms. The summed E-state index contributed by atoms with van der Waals surface area (Å²) >= 11 is 0. The molecule has 4 rings (SSSR count). The van der Waals surface area contributed by atoms with Crippen LogP contribution in [-0.4, -0.2) is 43.8 Å². The third kappa shape index (κ3) is 7.26. The van der Waals surface area contributed by atoms with Crippen molar-refractivity contribution >= 4 is 11.6 Å². The van der Waals surface area contributed by atoms with E-state index in [9.17, 15) is 9.18 Å². The Balaban J connectivity index is 1.30. The SMILES string of the molecule is CC(C)COc1cc(F)cc(CNC(=O)Cc2ccc(-c3ccc(N4CCOCC4)cc3)cn2)c1. The number of pyridine rings is 1. The normalized spacial score (nSPS) is 13.7. The fourth-order valence-electron chi connectivity index (χ4n) is 3.88. The summed E-state index contributed by atoms with van der Waals surface area (Å²) in [4.78, 5) is 19.2. The van der Waals surface area contributed by atoms with E-state index in [0.29, 0.717) is 29.5 Å². The first-order valence-electron chi connectivity index (χ1n) is 12.0. The molecule has 3 aromatic rings. The van der Waals surface area contributed by atoms with Gasteiger partial charge in [-0.25, -0.2) is 4.39 Å². The van der Waals surface area contributed by atoms with Crippen molar-refractivity contribution in [3.05, 3.63) is 77.9 Å². The zero-order chi connectivity index (χ0) is 24.6. The molecule has 7 heteroatoms. The lowest BCUT2D eigenvalue weighted by atomic mass is 10.1. The van der Waals surface area contributed by atoms with E-state index in [2.05, 4.69) is 39.5 Å². The Morgan fingerprint density at radius 1 is 1.09 bits per heavy atom. The monoisotopic (exact) mass is 477 g/mol. The summed E-state index contributed by atoms with van der Waals surface area (Å²) in [5.74, 6) is 0.257. The lowest BCUT2D eigenvalue weighted by molar-refractivity contribution is -0.120. The highest BCUT2D eigenvalue weighted by Crippen LogP contribution is 2.23. The summed E-state index contributed by atoms with van der Waals surface area (Å²) in [5, 5.41) is 2.84. The number of morpholine rings is 1. The second-order valence-corrected chi connectivity index (χ2v) is 9.14. The van der Waals surface area contributed by atoms with Gasteiger partial charge in [0.15, 0.2) is 0 Å². The van der Waals surface area contributed by atoms with Gasteiger partial charge in [0.05, 0.1) is 26.2 Å². The first kappa shape index (κ1) is 24.7. The molecule has 0 saturated carbocycles. The summed E-state index contributed by atoms with van der Waals surface area (Å²) in [6.45, 7) is 8.13. The summed E-state index contributed by atoms with van der Waals surface area (Å²) in [5.41, 5.74) is 4.59. The van der Waals surface area contributed by atoms with Gasteiger partial charge in [-0.05, 0) is 47.4 Å². The lowest BCUT2D eigenvalue weighted by Crippen LogP contribution is -2.36. The molecule has 0 unspecified atom stereocenters. The minimum atomic E-state index is -0.384. The highest BCUT2D eigenvalue weighted by molar-refractivity contribution is 5.78. The number of anilines is 1. The van der Waals surface area contributed by atoms with E-state index >= 15 is 0 Å². The molecule has 1 saturated heterocycles. The Morgan fingerprint density at radius 2 is 1.83 bits per heavy atom. The number of halogens is 1. The zero-order valence-corrected chi connectivity index (χ0v) is 20.3. The summed E-state index contributed by atoms with van der Waals surface area (Å²) in [6.07, 6.45) is 1.94. The van der Waals surface area contributed by atoms with Crippen LogP contribution >= 0.6 is 0 Å². The number of amides is 1. The van der Waals surface area contributed by atoms with Gasteiger partial charge in [0, 0.05) is 48.8 Å². The number of carbonyl (C=O) groups is 1. The molecular weight excluding hydrogens is 445 g/mol. The van der Waals surface area contributed by atoms with Gasteiger partial charge in [0.2, 0.25) is 5.91 Å². The Hall–Kier alpha value is -3.45. The summed E-state index contributed by atoms with van der Waals surface area (Å²) < 4.78 is 24.9. The van der Waals surface area contributed by atoms with Gasteiger partial charge >= 0.3 is 0 Å². The van der Waals surface area contributed by atoms with Crippen molar-refractivity contribution in [1.82, 2.24) is 10.3 Å². The molecule has 1 aliphatic rings. The number of nitrogens with one attached hydrogen (secondary N) is 1. The van der Waals surface area contributed by atoms with Crippen LogP contribution in [0.1, 0.15) is 25.1 Å². The van der Waals surface area contributed by atoms with Gasteiger partial charge in [-0.15, -0.1) is 0 Å². The molecule has 1 aliphatic heterocycles. The van der Waals surface area contributed by atoms with Crippen molar-refractivity contribution < 1.29 is 18.7 Å². The lowest BCUT2D eigenvalue weighted by Gasteiger charge is -2.28. The van der Waals surface area contributed by atoms with Crippen LogP contribution in [0.2, 0.25) is 0 Å². The largest absolute Gasteiger partial charge is 0.493 e. The van der Waals surface area contributed by atoms with Gasteiger partial charge in [0.25, 0.3) is 0 Å². The van der Waals surface area contributed by atoms with Gasteiger partial charge in [0.1, 0.15) is 11.6 Å². The molecule has 1 amide bonds. The third-order valence-electron chi connectivity index (χ3n) is 5.75. The van der Waals surface area contributed by atoms with E-state index in [0.717, 1.165) is 37.4 Å². The number of rotatable bonds is 9. The zero-order valence-electron chi connectivity index (χ0n) is 20.3. The molecule has 6 nitrogen and oxygen atoms in total. The second kappa shape index (κ2) is 11.8. The number of carbonyl (C=O) groups excluding carboxylic acids is 1. The maximum absolute atomic E-state index is 13.9. The topological polar surface area (TPSA) is 63.7 Å². The first-order valence-corrected chi connectivity index (χ1v) is 12.0. The van der Waals surface area contributed by atoms with E-state index in [-0.39, 0.29) is 24.7 Å². The highest BCUT2D eigenvalue weighted by atomic mass is 19.1. The van der Waals surface area contributed by atoms with E-state index in [4.69, 9.17) is 9.47 Å². The number of nitrogens with zero attached hydrogens (tertiary/aromatic N) is 2. The molecule has 0 atom stereocenters. The minimum absolute atomic E-state index is 0.155. The predicted octanol–water partition coefficient (Wildman–Crippen LogP) is 4.62. The molecule has 0 aliphatic carbocycles. The van der Waals surface area contributed by atoms with Crippen molar-refractivity contribution in [2.24, 2.45) is 5.92 Å². The second-order valence-electron chi connectivity index (χ2n) is 9.14. The molecule has 2 aromatic carbocycles. The van der Waals surface area contributed by atoms with Crippen LogP contribution in [0.3, 0.4) is 0 Å². The minimum Gasteiger partial charge on any atom is -0.493 e. The molecule has 2 heterocycles. The molecule has 1 N–H and O–H groups in total. The fraction of sp³-hybridized carbons (Fsp3) is 0.357. The van der Waals surface area contributed by atoms with E-state index < -0.39 is 0 Å². The van der Waals surface area contributed by atoms with Crippen LogP contribution in [0.4, 0.5) is 10.1 Å². The molecule has 35 heavy (non-hydrogen) atoms. The van der Waals surface area contributed by atoms with Crippen molar-refractivity contribution in [2.45, 2.75) is 26.8 Å². The first-order chi connectivity index (χ1) is 17.0. The number of hydrogen-bond acceptors (Lipinski definition) is 5. The Kier molecular flexibility index (Phi) is 8.32. The van der Waals surface area contributed by atoms with Crippen LogP contribution in [0.25, 0.3) is 11.1 Å². The quantitative estimate of drug-likeness (QED) is 0.487. The van der Waals surface area contributed by atoms with E-state index in [1.54, 1.807) is 12.3 Å². The number of hydrogen-bond donors (Lipinski definition) is 1. The average molecular weight is 478 g/mol. The standard InChI is InChI=1S/C28H32FN3O3/c1-20(2)19-35-27-14-21(13-24(29)15-27)17-31-28(33)16-25-6-3-23(18-30-25)22-4-7-26(8-5-22)32-9-11-34-12-10-32/h3-8,13-15,18,20H,9-12,16-17,19H2,1-2H3,(H,31,33). The van der Waals surface area contributed by atoms with Gasteiger partial charge < -0.3 is 19.7 Å². The number of ether oxygens (including phenoxy) is 2. The number of benzene rings is 2. The van der Waals surface area contributed by atoms with Crippen molar-refractivity contribution in [1.29, 1.82) is 0 Å². The average Bonchev–Trinajstić information content (AvgIpc) is 2.87. The summed E-state index contributed by atoms with van der Waals surface area (Å²) in [7, 11) is 0. The molecule has 0 radical (unpaired) electrons. The van der Waals surface area contributed by atoms with Crippen LogP contribution in [-0.2, 0) is 22.5 Å². The van der Waals surface area contributed by atoms with E-state index in [1.807, 2.05) is 26.0 Å². The molecular formula is C28H32FN3O3. The predicted molar refractivity (Wildman–Crippen MR) is 135 cm³/mol. The third-order valence-corrected chi connectivity index (χ3v) is 5.75. The van der Waals surface area contributed by atoms with Crippen LogP contribution in [0.5, 0.6) is 5.75 Å². The molecule has 1 fully saturated rings. The Bertz CT molecular complexity index is 1110. The van der Waals surface area contributed by atoms with Gasteiger partial charge in [-0.1, -0.05) is 32.0 Å².